The third-order valence-corrected chi connectivity index (χ3v) is 4.02. The van der Waals surface area contributed by atoms with E-state index >= 15 is 0 Å². The molecule has 0 saturated carbocycles. The van der Waals surface area contributed by atoms with Gasteiger partial charge in [-0.1, -0.05) is 22.8 Å². The minimum absolute atomic E-state index is 0.136. The van der Waals surface area contributed by atoms with E-state index < -0.39 is 16.2 Å². The van der Waals surface area contributed by atoms with Crippen molar-refractivity contribution in [3.05, 3.63) is 39.9 Å². The Labute approximate surface area is 139 Å². The molecule has 1 atom stereocenters. The SMILES string of the molecule is CN/C(=C\S)C1=NOC(c2c(Cl)cccc2OS(C)(=O)=O)C1. The average molecular weight is 363 g/mol. The molecule has 0 aromatic heterocycles. The van der Waals surface area contributed by atoms with Gasteiger partial charge in [-0.3, -0.25) is 0 Å². The maximum Gasteiger partial charge on any atom is 0.306 e. The van der Waals surface area contributed by atoms with Gasteiger partial charge in [0.05, 0.1) is 22.5 Å². The van der Waals surface area contributed by atoms with E-state index in [4.69, 9.17) is 20.6 Å². The van der Waals surface area contributed by atoms with Crippen LogP contribution in [0.2, 0.25) is 5.02 Å². The van der Waals surface area contributed by atoms with E-state index in [-0.39, 0.29) is 5.75 Å². The first-order chi connectivity index (χ1) is 10.4. The number of nitrogens with one attached hydrogen (secondary N) is 1. The Bertz CT molecular complexity index is 732. The zero-order chi connectivity index (χ0) is 16.3. The van der Waals surface area contributed by atoms with Crippen molar-refractivity contribution >= 4 is 40.1 Å². The first kappa shape index (κ1) is 17.0. The van der Waals surface area contributed by atoms with Crippen molar-refractivity contribution in [2.75, 3.05) is 13.3 Å². The zero-order valence-electron chi connectivity index (χ0n) is 11.9. The highest BCUT2D eigenvalue weighted by Gasteiger charge is 2.30. The molecule has 1 aliphatic heterocycles. The number of thiol groups is 1. The maximum absolute atomic E-state index is 11.4. The van der Waals surface area contributed by atoms with Crippen molar-refractivity contribution < 1.29 is 17.4 Å². The molecule has 0 bridgehead atoms. The molecule has 0 spiro atoms. The fourth-order valence-electron chi connectivity index (χ4n) is 2.04. The van der Waals surface area contributed by atoms with Crippen LogP contribution in [-0.2, 0) is 15.0 Å². The Morgan fingerprint density at radius 3 is 2.91 bits per heavy atom. The third-order valence-electron chi connectivity index (χ3n) is 2.95. The molecule has 9 heteroatoms. The van der Waals surface area contributed by atoms with Gasteiger partial charge in [0, 0.05) is 13.5 Å². The van der Waals surface area contributed by atoms with Crippen molar-refractivity contribution in [3.63, 3.8) is 0 Å². The number of hydrogen-bond donors (Lipinski definition) is 2. The number of nitrogens with zero attached hydrogens (tertiary/aromatic N) is 1. The van der Waals surface area contributed by atoms with Gasteiger partial charge < -0.3 is 14.3 Å². The van der Waals surface area contributed by atoms with E-state index in [1.54, 1.807) is 24.6 Å². The molecule has 2 rings (SSSR count). The fourth-order valence-corrected chi connectivity index (χ4v) is 3.08. The van der Waals surface area contributed by atoms with Gasteiger partial charge in [0.1, 0.15) is 5.71 Å². The molecule has 0 saturated heterocycles. The summed E-state index contributed by atoms with van der Waals surface area (Å²) in [5, 5.41) is 8.86. The first-order valence-electron chi connectivity index (χ1n) is 6.28. The van der Waals surface area contributed by atoms with Gasteiger partial charge in [-0.15, -0.1) is 12.6 Å². The Kier molecular flexibility index (Phi) is 5.25. The van der Waals surface area contributed by atoms with Crippen molar-refractivity contribution in [2.24, 2.45) is 5.16 Å². The molecule has 1 aromatic rings. The van der Waals surface area contributed by atoms with Crippen LogP contribution in [0.4, 0.5) is 0 Å². The largest absolute Gasteiger partial charge is 0.387 e. The predicted molar refractivity (Wildman–Crippen MR) is 88.9 cm³/mol. The van der Waals surface area contributed by atoms with Gasteiger partial charge in [0.25, 0.3) is 0 Å². The molecule has 0 fully saturated rings. The van der Waals surface area contributed by atoms with Crippen LogP contribution in [0.25, 0.3) is 0 Å². The lowest BCUT2D eigenvalue weighted by molar-refractivity contribution is 0.0846. The van der Waals surface area contributed by atoms with Crippen LogP contribution in [0, 0.1) is 0 Å². The highest BCUT2D eigenvalue weighted by Crippen LogP contribution is 2.39. The Morgan fingerprint density at radius 2 is 2.32 bits per heavy atom. The lowest BCUT2D eigenvalue weighted by Gasteiger charge is -2.15. The fraction of sp³-hybridized carbons (Fsp3) is 0.308. The molecule has 1 aliphatic rings. The summed E-state index contributed by atoms with van der Waals surface area (Å²) in [5.41, 5.74) is 1.82. The molecule has 120 valence electrons. The van der Waals surface area contributed by atoms with Crippen molar-refractivity contribution in [3.8, 4) is 5.75 Å². The van der Waals surface area contributed by atoms with E-state index in [1.165, 1.54) is 6.07 Å². The number of oxime groups is 1. The molecular weight excluding hydrogens is 348 g/mol. The van der Waals surface area contributed by atoms with Gasteiger partial charge in [0.15, 0.2) is 11.9 Å². The summed E-state index contributed by atoms with van der Waals surface area (Å²) in [6, 6.07) is 4.77. The number of rotatable bonds is 5. The average Bonchev–Trinajstić information content (AvgIpc) is 2.88. The smallest absolute Gasteiger partial charge is 0.306 e. The number of hydrogen-bond acceptors (Lipinski definition) is 7. The van der Waals surface area contributed by atoms with E-state index in [2.05, 4.69) is 23.1 Å². The number of halogens is 1. The van der Waals surface area contributed by atoms with Gasteiger partial charge in [0.2, 0.25) is 0 Å². The van der Waals surface area contributed by atoms with Crippen molar-refractivity contribution in [1.29, 1.82) is 0 Å². The molecule has 1 aromatic carbocycles. The lowest BCUT2D eigenvalue weighted by atomic mass is 10.0. The van der Waals surface area contributed by atoms with Gasteiger partial charge in [-0.25, -0.2) is 0 Å². The van der Waals surface area contributed by atoms with E-state index in [1.807, 2.05) is 0 Å². The second kappa shape index (κ2) is 6.80. The van der Waals surface area contributed by atoms with Crippen molar-refractivity contribution in [1.82, 2.24) is 5.32 Å². The molecule has 1 N–H and O–H groups in total. The second-order valence-corrected chi connectivity index (χ2v) is 6.81. The second-order valence-electron chi connectivity index (χ2n) is 4.57. The van der Waals surface area contributed by atoms with Crippen LogP contribution in [-0.4, -0.2) is 27.4 Å². The molecule has 0 aliphatic carbocycles. The summed E-state index contributed by atoms with van der Waals surface area (Å²) in [6.07, 6.45) is 0.853. The minimum atomic E-state index is -3.67. The van der Waals surface area contributed by atoms with Gasteiger partial charge in [-0.05, 0) is 17.5 Å². The summed E-state index contributed by atoms with van der Waals surface area (Å²) < 4.78 is 27.7. The quantitative estimate of drug-likeness (QED) is 0.621. The molecule has 0 radical (unpaired) electrons. The zero-order valence-corrected chi connectivity index (χ0v) is 14.4. The Morgan fingerprint density at radius 1 is 1.59 bits per heavy atom. The van der Waals surface area contributed by atoms with Crippen LogP contribution in [0.15, 0.2) is 34.5 Å². The summed E-state index contributed by atoms with van der Waals surface area (Å²) in [5.74, 6) is 0.136. The standard InChI is InChI=1S/C13H15ClN2O4S2/c1-15-10(7-21)9-6-12(19-16-9)13-8(14)4-3-5-11(13)20-22(2,17)18/h3-5,7,12,15,21H,6H2,1-2H3/b10-7-. The lowest BCUT2D eigenvalue weighted by Crippen LogP contribution is -2.15. The van der Waals surface area contributed by atoms with Gasteiger partial charge in [-0.2, -0.15) is 8.42 Å². The highest BCUT2D eigenvalue weighted by atomic mass is 35.5. The molecular formula is C13H15ClN2O4S2. The topological polar surface area (TPSA) is 77.0 Å². The summed E-state index contributed by atoms with van der Waals surface area (Å²) >= 11 is 10.3. The molecule has 1 unspecified atom stereocenters. The van der Waals surface area contributed by atoms with E-state index in [9.17, 15) is 8.42 Å². The van der Waals surface area contributed by atoms with Gasteiger partial charge >= 0.3 is 10.1 Å². The molecule has 1 heterocycles. The van der Waals surface area contributed by atoms with Crippen LogP contribution >= 0.6 is 24.2 Å². The van der Waals surface area contributed by atoms with Crippen molar-refractivity contribution in [2.45, 2.75) is 12.5 Å². The van der Waals surface area contributed by atoms with E-state index in [0.717, 1.165) is 6.26 Å². The molecule has 0 amide bonds. The van der Waals surface area contributed by atoms with Crippen LogP contribution in [0.1, 0.15) is 18.1 Å². The first-order valence-corrected chi connectivity index (χ1v) is 9.00. The van der Waals surface area contributed by atoms with Crippen LogP contribution in [0.3, 0.4) is 0 Å². The molecule has 22 heavy (non-hydrogen) atoms. The number of allylic oxidation sites excluding steroid dienone is 1. The Hall–Kier alpha value is -1.38. The number of benzene rings is 1. The highest BCUT2D eigenvalue weighted by molar-refractivity contribution is 7.86. The van der Waals surface area contributed by atoms with Crippen LogP contribution in [0.5, 0.6) is 5.75 Å². The summed E-state index contributed by atoms with van der Waals surface area (Å²) in [7, 11) is -1.93. The molecule has 6 nitrogen and oxygen atoms in total. The summed E-state index contributed by atoms with van der Waals surface area (Å²) in [6.45, 7) is 0. The summed E-state index contributed by atoms with van der Waals surface area (Å²) in [4.78, 5) is 5.39. The normalized spacial score (nSPS) is 18.6. The van der Waals surface area contributed by atoms with E-state index in [0.29, 0.717) is 28.4 Å². The maximum atomic E-state index is 11.4. The third kappa shape index (κ3) is 3.88. The predicted octanol–water partition coefficient (Wildman–Crippen LogP) is 2.49. The van der Waals surface area contributed by atoms with Crippen LogP contribution < -0.4 is 9.50 Å². The minimum Gasteiger partial charge on any atom is -0.387 e. The monoisotopic (exact) mass is 362 g/mol. The Balaban J connectivity index is 2.31.